The molecule has 0 spiro atoms. The van der Waals surface area contributed by atoms with Crippen LogP contribution in [-0.2, 0) is 26.2 Å². The average molecular weight is 605 g/mol. The Morgan fingerprint density at radius 3 is 2.15 bits per heavy atom. The lowest BCUT2D eigenvalue weighted by molar-refractivity contribution is -0.139. The van der Waals surface area contributed by atoms with Crippen LogP contribution in [0.1, 0.15) is 43.9 Å². The van der Waals surface area contributed by atoms with E-state index in [1.807, 2.05) is 32.9 Å². The predicted octanol–water partition coefficient (Wildman–Crippen LogP) is 6.14. The van der Waals surface area contributed by atoms with Gasteiger partial charge in [0.2, 0.25) is 11.8 Å². The van der Waals surface area contributed by atoms with Gasteiger partial charge < -0.3 is 10.2 Å². The third kappa shape index (κ3) is 7.36. The molecule has 0 bridgehead atoms. The van der Waals surface area contributed by atoms with Gasteiger partial charge in [-0.1, -0.05) is 66.5 Å². The number of nitrogens with zero attached hydrogens (tertiary/aromatic N) is 2. The van der Waals surface area contributed by atoms with Gasteiger partial charge in [-0.2, -0.15) is 0 Å². The number of carbonyl (C=O) groups excluding carboxylic acids is 2. The summed E-state index contributed by atoms with van der Waals surface area (Å²) in [7, 11) is -4.15. The number of rotatable bonds is 11. The molecule has 0 saturated heterocycles. The van der Waals surface area contributed by atoms with Crippen LogP contribution >= 0.6 is 23.2 Å². The Bertz CT molecular complexity index is 1440. The van der Waals surface area contributed by atoms with Crippen molar-refractivity contribution < 1.29 is 18.0 Å². The first-order chi connectivity index (χ1) is 18.9. The van der Waals surface area contributed by atoms with Crippen molar-refractivity contribution in [3.8, 4) is 0 Å². The highest BCUT2D eigenvalue weighted by Gasteiger charge is 2.34. The summed E-state index contributed by atoms with van der Waals surface area (Å²) in [6.45, 7) is 8.44. The van der Waals surface area contributed by atoms with E-state index in [4.69, 9.17) is 23.2 Å². The van der Waals surface area contributed by atoms with Gasteiger partial charge in [0.15, 0.2) is 0 Å². The molecule has 40 heavy (non-hydrogen) atoms. The van der Waals surface area contributed by atoms with Gasteiger partial charge in [0.05, 0.1) is 10.6 Å². The van der Waals surface area contributed by atoms with E-state index in [1.54, 1.807) is 56.3 Å². The Morgan fingerprint density at radius 2 is 1.55 bits per heavy atom. The van der Waals surface area contributed by atoms with E-state index >= 15 is 0 Å². The number of amides is 2. The van der Waals surface area contributed by atoms with Gasteiger partial charge >= 0.3 is 0 Å². The lowest BCUT2D eigenvalue weighted by Gasteiger charge is -2.33. The summed E-state index contributed by atoms with van der Waals surface area (Å²) in [6, 6.07) is 17.3. The van der Waals surface area contributed by atoms with E-state index in [0.717, 1.165) is 9.87 Å². The Labute approximate surface area is 247 Å². The van der Waals surface area contributed by atoms with Crippen molar-refractivity contribution in [3.05, 3.63) is 93.5 Å². The third-order valence-corrected chi connectivity index (χ3v) is 9.28. The summed E-state index contributed by atoms with van der Waals surface area (Å²) in [5.74, 6) is -0.946. The lowest BCUT2D eigenvalue weighted by atomic mass is 10.1. The van der Waals surface area contributed by atoms with Crippen molar-refractivity contribution in [3.63, 3.8) is 0 Å². The molecule has 3 rings (SSSR count). The fourth-order valence-corrected chi connectivity index (χ4v) is 6.13. The molecule has 0 aromatic heterocycles. The molecule has 7 nitrogen and oxygen atoms in total. The van der Waals surface area contributed by atoms with Gasteiger partial charge in [0.25, 0.3) is 10.0 Å². The van der Waals surface area contributed by atoms with E-state index < -0.39 is 28.5 Å². The first-order valence-corrected chi connectivity index (χ1v) is 15.2. The number of halogens is 2. The van der Waals surface area contributed by atoms with Crippen LogP contribution in [0.4, 0.5) is 5.69 Å². The van der Waals surface area contributed by atoms with Crippen LogP contribution in [0.15, 0.2) is 71.6 Å². The number of nitrogens with one attached hydrogen (secondary N) is 1. The first kappa shape index (κ1) is 31.5. The third-order valence-electron chi connectivity index (χ3n) is 6.80. The second kappa shape index (κ2) is 13.5. The summed E-state index contributed by atoms with van der Waals surface area (Å²) in [6.07, 6.45) is 0.707. The average Bonchev–Trinajstić information content (AvgIpc) is 2.92. The zero-order valence-corrected chi connectivity index (χ0v) is 25.6. The van der Waals surface area contributed by atoms with Crippen molar-refractivity contribution in [2.45, 2.75) is 64.6 Å². The fourth-order valence-electron chi connectivity index (χ4n) is 4.12. The van der Waals surface area contributed by atoms with E-state index in [0.29, 0.717) is 33.3 Å². The minimum Gasteiger partial charge on any atom is -0.352 e. The predicted molar refractivity (Wildman–Crippen MR) is 161 cm³/mol. The molecule has 3 aromatic carbocycles. The van der Waals surface area contributed by atoms with Crippen LogP contribution in [0.5, 0.6) is 0 Å². The van der Waals surface area contributed by atoms with Crippen molar-refractivity contribution in [2.24, 2.45) is 0 Å². The number of benzene rings is 3. The van der Waals surface area contributed by atoms with Crippen molar-refractivity contribution in [1.82, 2.24) is 10.2 Å². The van der Waals surface area contributed by atoms with E-state index in [2.05, 4.69) is 5.32 Å². The van der Waals surface area contributed by atoms with Crippen molar-refractivity contribution in [2.75, 3.05) is 10.8 Å². The van der Waals surface area contributed by atoms with E-state index in [9.17, 15) is 18.0 Å². The number of anilines is 1. The molecule has 3 aromatic rings. The number of aryl methyl sites for hydroxylation is 2. The quantitative estimate of drug-likeness (QED) is 0.285. The molecule has 0 aliphatic heterocycles. The molecular formula is C30H35Cl2N3O4S. The molecule has 0 saturated carbocycles. The number of hydrogen-bond acceptors (Lipinski definition) is 4. The highest BCUT2D eigenvalue weighted by molar-refractivity contribution is 7.92. The number of sulfonamides is 1. The molecule has 0 fully saturated rings. The monoisotopic (exact) mass is 603 g/mol. The van der Waals surface area contributed by atoms with E-state index in [1.165, 1.54) is 17.0 Å². The van der Waals surface area contributed by atoms with Crippen LogP contribution < -0.4 is 9.62 Å². The minimum absolute atomic E-state index is 0.0481. The maximum Gasteiger partial charge on any atom is 0.264 e. The first-order valence-electron chi connectivity index (χ1n) is 13.0. The molecule has 2 unspecified atom stereocenters. The summed E-state index contributed by atoms with van der Waals surface area (Å²) >= 11 is 12.9. The highest BCUT2D eigenvalue weighted by Crippen LogP contribution is 2.30. The lowest BCUT2D eigenvalue weighted by Crippen LogP contribution is -2.52. The number of carbonyl (C=O) groups is 2. The van der Waals surface area contributed by atoms with Gasteiger partial charge in [-0.3, -0.25) is 13.9 Å². The molecule has 10 heteroatoms. The van der Waals surface area contributed by atoms with Gasteiger partial charge in [-0.25, -0.2) is 8.42 Å². The highest BCUT2D eigenvalue weighted by atomic mass is 35.5. The smallest absolute Gasteiger partial charge is 0.264 e. The van der Waals surface area contributed by atoms with Gasteiger partial charge in [-0.05, 0) is 75.6 Å². The summed E-state index contributed by atoms with van der Waals surface area (Å²) in [4.78, 5) is 28.6. The van der Waals surface area contributed by atoms with Gasteiger partial charge in [-0.15, -0.1) is 0 Å². The topological polar surface area (TPSA) is 86.8 Å². The zero-order valence-electron chi connectivity index (χ0n) is 23.3. The second-order valence-corrected chi connectivity index (χ2v) is 12.5. The minimum atomic E-state index is -4.15. The van der Waals surface area contributed by atoms with Crippen LogP contribution in [0.2, 0.25) is 10.0 Å². The molecule has 0 heterocycles. The largest absolute Gasteiger partial charge is 0.352 e. The number of hydrogen-bond donors (Lipinski definition) is 1. The molecule has 0 aliphatic rings. The normalized spacial score (nSPS) is 12.9. The molecule has 2 atom stereocenters. The van der Waals surface area contributed by atoms with Gasteiger partial charge in [0, 0.05) is 28.2 Å². The maximum absolute atomic E-state index is 14.1. The molecular weight excluding hydrogens is 569 g/mol. The van der Waals surface area contributed by atoms with Crippen LogP contribution in [0, 0.1) is 13.8 Å². The second-order valence-electron chi connectivity index (χ2n) is 9.83. The zero-order chi connectivity index (χ0) is 29.6. The molecule has 0 radical (unpaired) electrons. The summed E-state index contributed by atoms with van der Waals surface area (Å²) < 4.78 is 29.0. The Balaban J connectivity index is 2.10. The molecule has 1 N–H and O–H groups in total. The van der Waals surface area contributed by atoms with E-state index in [-0.39, 0.29) is 23.4 Å². The summed E-state index contributed by atoms with van der Waals surface area (Å²) in [5.41, 5.74) is 2.36. The molecule has 0 aliphatic carbocycles. The van der Waals surface area contributed by atoms with Crippen LogP contribution in [-0.4, -0.2) is 43.8 Å². The Hall–Kier alpha value is -3.07. The van der Waals surface area contributed by atoms with Crippen molar-refractivity contribution >= 4 is 50.7 Å². The Kier molecular flexibility index (Phi) is 10.6. The summed E-state index contributed by atoms with van der Waals surface area (Å²) in [5, 5.41) is 3.58. The molecule has 2 amide bonds. The standard InChI is InChI=1S/C30H35Cl2N3O4S/c1-6-22(4)33-30(37)23(5)34(18-25-26(31)13-10-14-27(25)32)29(36)19-35(28-17-20(2)15-16-21(28)3)40(38,39)24-11-8-7-9-12-24/h7-17,22-23H,6,18-19H2,1-5H3,(H,33,37). The molecule has 214 valence electrons. The SMILES string of the molecule is CCC(C)NC(=O)C(C)N(Cc1c(Cl)cccc1Cl)C(=O)CN(c1cc(C)ccc1C)S(=O)(=O)c1ccccc1. The van der Waals surface area contributed by atoms with Crippen LogP contribution in [0.3, 0.4) is 0 Å². The Morgan fingerprint density at radius 1 is 0.925 bits per heavy atom. The van der Waals surface area contributed by atoms with Crippen molar-refractivity contribution in [1.29, 1.82) is 0 Å². The fraction of sp³-hybridized carbons (Fsp3) is 0.333. The van der Waals surface area contributed by atoms with Gasteiger partial charge in [0.1, 0.15) is 12.6 Å². The maximum atomic E-state index is 14.1. The van der Waals surface area contributed by atoms with Crippen LogP contribution in [0.25, 0.3) is 0 Å².